The van der Waals surface area contributed by atoms with E-state index in [2.05, 4.69) is 167 Å². The molecule has 10 rings (SSSR count). The second kappa shape index (κ2) is 8.82. The zero-order chi connectivity index (χ0) is 28.8. The van der Waals surface area contributed by atoms with Crippen molar-refractivity contribution in [2.24, 2.45) is 0 Å². The molecule has 2 aromatic heterocycles. The SMILES string of the molecule is c1ccc(-c2ccc(-n3c4ccccc4c4c5c6ccccc6c6cccc7c6c5c(cc43)n7-c3ccccc3)cc2)cc1. The van der Waals surface area contributed by atoms with Gasteiger partial charge in [-0.3, -0.25) is 0 Å². The number of hydrogen-bond acceptors (Lipinski definition) is 0. The van der Waals surface area contributed by atoms with Crippen molar-refractivity contribution in [1.82, 2.24) is 9.13 Å². The lowest BCUT2D eigenvalue weighted by molar-refractivity contribution is 1.17. The van der Waals surface area contributed by atoms with Gasteiger partial charge in [0.05, 0.1) is 22.1 Å². The van der Waals surface area contributed by atoms with Gasteiger partial charge in [0.1, 0.15) is 0 Å². The molecule has 0 spiro atoms. The van der Waals surface area contributed by atoms with Gasteiger partial charge in [-0.1, -0.05) is 115 Å². The van der Waals surface area contributed by atoms with Crippen LogP contribution in [0.4, 0.5) is 0 Å². The first-order valence-electron chi connectivity index (χ1n) is 15.2. The van der Waals surface area contributed by atoms with Crippen molar-refractivity contribution in [3.63, 3.8) is 0 Å². The van der Waals surface area contributed by atoms with Crippen LogP contribution in [0.2, 0.25) is 0 Å². The fraction of sp³-hybridized carbons (Fsp3) is 0. The average molecular weight is 559 g/mol. The van der Waals surface area contributed by atoms with Crippen LogP contribution in [-0.2, 0) is 0 Å². The first-order chi connectivity index (χ1) is 21.9. The van der Waals surface area contributed by atoms with Crippen molar-refractivity contribution in [3.8, 4) is 22.5 Å². The van der Waals surface area contributed by atoms with Crippen LogP contribution in [0.25, 0.3) is 87.7 Å². The minimum Gasteiger partial charge on any atom is -0.309 e. The molecule has 8 aromatic carbocycles. The molecular formula is C42H26N2. The van der Waals surface area contributed by atoms with E-state index in [4.69, 9.17) is 0 Å². The molecule has 0 saturated heterocycles. The van der Waals surface area contributed by atoms with Crippen LogP contribution >= 0.6 is 0 Å². The summed E-state index contributed by atoms with van der Waals surface area (Å²) in [7, 11) is 0. The summed E-state index contributed by atoms with van der Waals surface area (Å²) in [6.07, 6.45) is 0. The summed E-state index contributed by atoms with van der Waals surface area (Å²) in [5.74, 6) is 0. The van der Waals surface area contributed by atoms with E-state index in [-0.39, 0.29) is 0 Å². The van der Waals surface area contributed by atoms with Crippen molar-refractivity contribution < 1.29 is 0 Å². The fourth-order valence-electron chi connectivity index (χ4n) is 7.66. The average Bonchev–Trinajstić information content (AvgIpc) is 3.61. The second-order valence-corrected chi connectivity index (χ2v) is 11.7. The molecule has 204 valence electrons. The molecule has 0 N–H and O–H groups in total. The highest BCUT2D eigenvalue weighted by atomic mass is 15.0. The molecule has 0 bridgehead atoms. The van der Waals surface area contributed by atoms with E-state index in [0.717, 1.165) is 5.69 Å². The topological polar surface area (TPSA) is 9.86 Å². The molecule has 0 fully saturated rings. The molecule has 2 heteroatoms. The number of rotatable bonds is 3. The van der Waals surface area contributed by atoms with Crippen LogP contribution < -0.4 is 0 Å². The lowest BCUT2D eigenvalue weighted by Crippen LogP contribution is -1.96. The summed E-state index contributed by atoms with van der Waals surface area (Å²) in [4.78, 5) is 0. The zero-order valence-corrected chi connectivity index (χ0v) is 23.9. The van der Waals surface area contributed by atoms with E-state index in [1.807, 2.05) is 0 Å². The highest BCUT2D eigenvalue weighted by Gasteiger charge is 2.24. The number of benzene rings is 8. The van der Waals surface area contributed by atoms with Crippen LogP contribution in [0, 0.1) is 0 Å². The van der Waals surface area contributed by atoms with E-state index in [1.54, 1.807) is 0 Å². The van der Waals surface area contributed by atoms with Crippen molar-refractivity contribution in [3.05, 3.63) is 158 Å². The minimum absolute atomic E-state index is 1.16. The third-order valence-corrected chi connectivity index (χ3v) is 9.45. The molecule has 0 aliphatic carbocycles. The Morgan fingerprint density at radius 1 is 0.273 bits per heavy atom. The summed E-state index contributed by atoms with van der Waals surface area (Å²) in [5, 5.41) is 10.5. The zero-order valence-electron chi connectivity index (χ0n) is 23.9. The smallest absolute Gasteiger partial charge is 0.0568 e. The summed E-state index contributed by atoms with van der Waals surface area (Å²) in [6, 6.07) is 57.5. The molecule has 44 heavy (non-hydrogen) atoms. The first kappa shape index (κ1) is 23.7. The van der Waals surface area contributed by atoms with Crippen molar-refractivity contribution in [2.45, 2.75) is 0 Å². The van der Waals surface area contributed by atoms with Gasteiger partial charge in [-0.15, -0.1) is 0 Å². The molecule has 0 amide bonds. The van der Waals surface area contributed by atoms with Gasteiger partial charge < -0.3 is 9.13 Å². The summed E-state index contributed by atoms with van der Waals surface area (Å²) < 4.78 is 4.92. The van der Waals surface area contributed by atoms with Gasteiger partial charge in [-0.25, -0.2) is 0 Å². The van der Waals surface area contributed by atoms with Crippen LogP contribution in [0.15, 0.2) is 158 Å². The highest BCUT2D eigenvalue weighted by Crippen LogP contribution is 2.49. The Bertz CT molecular complexity index is 2680. The lowest BCUT2D eigenvalue weighted by Gasteiger charge is -2.12. The van der Waals surface area contributed by atoms with E-state index in [1.165, 1.54) is 82.0 Å². The molecule has 0 unspecified atom stereocenters. The molecular weight excluding hydrogens is 532 g/mol. The van der Waals surface area contributed by atoms with Gasteiger partial charge in [0, 0.05) is 38.3 Å². The van der Waals surface area contributed by atoms with E-state index in [9.17, 15) is 0 Å². The normalized spacial score (nSPS) is 12.1. The Labute approximate surface area is 254 Å². The predicted molar refractivity (Wildman–Crippen MR) is 187 cm³/mol. The molecule has 0 atom stereocenters. The lowest BCUT2D eigenvalue weighted by atomic mass is 9.92. The molecule has 10 aromatic rings. The van der Waals surface area contributed by atoms with Crippen molar-refractivity contribution >= 4 is 65.2 Å². The van der Waals surface area contributed by atoms with Gasteiger partial charge in [0.25, 0.3) is 0 Å². The van der Waals surface area contributed by atoms with Gasteiger partial charge >= 0.3 is 0 Å². The molecule has 0 aliphatic heterocycles. The number of fused-ring (bicyclic) bond motifs is 7. The number of nitrogens with zero attached hydrogens (tertiary/aromatic N) is 2. The van der Waals surface area contributed by atoms with Crippen LogP contribution in [-0.4, -0.2) is 9.13 Å². The maximum absolute atomic E-state index is 2.46. The van der Waals surface area contributed by atoms with Crippen LogP contribution in [0.5, 0.6) is 0 Å². The number of para-hydroxylation sites is 2. The van der Waals surface area contributed by atoms with E-state index < -0.39 is 0 Å². The number of hydrogen-bond donors (Lipinski definition) is 0. The molecule has 2 nitrogen and oxygen atoms in total. The van der Waals surface area contributed by atoms with Crippen LogP contribution in [0.3, 0.4) is 0 Å². The van der Waals surface area contributed by atoms with E-state index >= 15 is 0 Å². The van der Waals surface area contributed by atoms with Gasteiger partial charge in [-0.2, -0.15) is 0 Å². The van der Waals surface area contributed by atoms with Crippen molar-refractivity contribution in [1.29, 1.82) is 0 Å². The molecule has 0 radical (unpaired) electrons. The van der Waals surface area contributed by atoms with Crippen molar-refractivity contribution in [2.75, 3.05) is 0 Å². The Kier molecular flexibility index (Phi) is 4.75. The Hall–Kier alpha value is -5.86. The third kappa shape index (κ3) is 3.09. The minimum atomic E-state index is 1.16. The fourth-order valence-corrected chi connectivity index (χ4v) is 7.66. The number of aromatic nitrogens is 2. The van der Waals surface area contributed by atoms with Crippen LogP contribution in [0.1, 0.15) is 0 Å². The highest BCUT2D eigenvalue weighted by molar-refractivity contribution is 6.41. The molecule has 2 heterocycles. The maximum atomic E-state index is 2.46. The van der Waals surface area contributed by atoms with E-state index in [0.29, 0.717) is 0 Å². The Morgan fingerprint density at radius 2 is 0.773 bits per heavy atom. The molecule has 0 aliphatic rings. The maximum Gasteiger partial charge on any atom is 0.0568 e. The Balaban J connectivity index is 1.42. The first-order valence-corrected chi connectivity index (χ1v) is 15.2. The van der Waals surface area contributed by atoms with Gasteiger partial charge in [0.2, 0.25) is 0 Å². The summed E-state index contributed by atoms with van der Waals surface area (Å²) in [6.45, 7) is 0. The standard InChI is InChI=1S/C42H26N2/c1-3-12-27(13-4-1)28-22-24-30(25-23-28)43-35-20-10-9-18-34(35)40-37(43)26-38-42-39-32(31-16-7-8-17-33(31)41(40)42)19-11-21-36(39)44(38)29-14-5-2-6-15-29/h1-26H. The van der Waals surface area contributed by atoms with Gasteiger partial charge in [0.15, 0.2) is 0 Å². The monoisotopic (exact) mass is 558 g/mol. The predicted octanol–water partition coefficient (Wildman–Crippen LogP) is 11.3. The largest absolute Gasteiger partial charge is 0.309 e. The molecule has 0 saturated carbocycles. The quantitative estimate of drug-likeness (QED) is 0.191. The summed E-state index contributed by atoms with van der Waals surface area (Å²) >= 11 is 0. The Morgan fingerprint density at radius 3 is 1.57 bits per heavy atom. The third-order valence-electron chi connectivity index (χ3n) is 9.45. The summed E-state index contributed by atoms with van der Waals surface area (Å²) in [5.41, 5.74) is 9.71. The second-order valence-electron chi connectivity index (χ2n) is 11.7. The van der Waals surface area contributed by atoms with Gasteiger partial charge in [-0.05, 0) is 69.8 Å².